The molecule has 2 rings (SSSR count). The molecule has 0 saturated carbocycles. The van der Waals surface area contributed by atoms with Crippen molar-refractivity contribution in [1.29, 1.82) is 0 Å². The molecular weight excluding hydrogens is 280 g/mol. The zero-order valence-electron chi connectivity index (χ0n) is 11.3. The average molecular weight is 300 g/mol. The summed E-state index contributed by atoms with van der Waals surface area (Å²) < 4.78 is 27.1. The van der Waals surface area contributed by atoms with Crippen molar-refractivity contribution in [3.8, 4) is 0 Å². The molecule has 1 saturated heterocycles. The minimum Gasteiger partial charge on any atom is -0.399 e. The van der Waals surface area contributed by atoms with E-state index in [9.17, 15) is 8.42 Å². The summed E-state index contributed by atoms with van der Waals surface area (Å²) in [5.74, 6) is 1.90. The zero-order chi connectivity index (χ0) is 14.0. The lowest BCUT2D eigenvalue weighted by atomic mass is 10.1. The van der Waals surface area contributed by atoms with Gasteiger partial charge >= 0.3 is 0 Å². The van der Waals surface area contributed by atoms with Crippen LogP contribution < -0.4 is 5.73 Å². The number of hydrogen-bond donors (Lipinski definition) is 1. The Kier molecular flexibility index (Phi) is 4.43. The summed E-state index contributed by atoms with van der Waals surface area (Å²) >= 11 is 1.82. The van der Waals surface area contributed by atoms with Crippen molar-refractivity contribution in [2.24, 2.45) is 0 Å². The smallest absolute Gasteiger partial charge is 0.243 e. The van der Waals surface area contributed by atoms with Gasteiger partial charge in [-0.1, -0.05) is 0 Å². The molecule has 1 aromatic rings. The van der Waals surface area contributed by atoms with Crippen molar-refractivity contribution in [1.82, 2.24) is 4.31 Å². The number of benzene rings is 1. The Hall–Kier alpha value is -0.720. The molecule has 2 N–H and O–H groups in total. The van der Waals surface area contributed by atoms with Crippen molar-refractivity contribution >= 4 is 27.5 Å². The highest BCUT2D eigenvalue weighted by molar-refractivity contribution is 7.99. The largest absolute Gasteiger partial charge is 0.399 e. The van der Waals surface area contributed by atoms with E-state index in [0.717, 1.165) is 29.1 Å². The molecule has 1 fully saturated rings. The van der Waals surface area contributed by atoms with Crippen molar-refractivity contribution in [2.75, 3.05) is 30.3 Å². The molecule has 0 aliphatic carbocycles. The van der Waals surface area contributed by atoms with Gasteiger partial charge in [-0.15, -0.1) is 0 Å². The van der Waals surface area contributed by atoms with Gasteiger partial charge in [-0.25, -0.2) is 8.42 Å². The number of nitrogens with zero attached hydrogens (tertiary/aromatic N) is 1. The van der Waals surface area contributed by atoms with E-state index < -0.39 is 10.0 Å². The molecular formula is C13H20N2O2S2. The van der Waals surface area contributed by atoms with E-state index in [1.165, 1.54) is 0 Å². The third kappa shape index (κ3) is 3.07. The van der Waals surface area contributed by atoms with Crippen molar-refractivity contribution in [2.45, 2.75) is 25.2 Å². The second-order valence-electron chi connectivity index (χ2n) is 4.85. The lowest BCUT2D eigenvalue weighted by molar-refractivity contribution is 0.434. The summed E-state index contributed by atoms with van der Waals surface area (Å²) in [6.07, 6.45) is 0.914. The standard InChI is InChI=1S/C13H20N2O2S2/c1-10-8-12(14)9-11(2)13(10)19(16,17)15-4-3-6-18-7-5-15/h8-9H,3-7,14H2,1-2H3. The minimum atomic E-state index is -3.40. The van der Waals surface area contributed by atoms with Crippen LogP contribution in [0.25, 0.3) is 0 Å². The molecule has 0 unspecified atom stereocenters. The average Bonchev–Trinajstić information content (AvgIpc) is 2.55. The normalized spacial score (nSPS) is 18.2. The Bertz CT molecular complexity index is 539. The highest BCUT2D eigenvalue weighted by atomic mass is 32.2. The number of thioether (sulfide) groups is 1. The lowest BCUT2D eigenvalue weighted by Crippen LogP contribution is -2.33. The topological polar surface area (TPSA) is 63.4 Å². The van der Waals surface area contributed by atoms with Crippen LogP contribution in [0.3, 0.4) is 0 Å². The minimum absolute atomic E-state index is 0.425. The van der Waals surface area contributed by atoms with Gasteiger partial charge in [-0.2, -0.15) is 16.1 Å². The Balaban J connectivity index is 2.44. The molecule has 0 aromatic heterocycles. The van der Waals surface area contributed by atoms with Gasteiger partial charge in [-0.05, 0) is 49.3 Å². The Morgan fingerprint density at radius 1 is 1.16 bits per heavy atom. The van der Waals surface area contributed by atoms with Crippen LogP contribution in [0, 0.1) is 13.8 Å². The number of nitrogen functional groups attached to an aromatic ring is 1. The first kappa shape index (κ1) is 14.7. The summed E-state index contributed by atoms with van der Waals surface area (Å²) in [6.45, 7) is 4.82. The van der Waals surface area contributed by atoms with Crippen LogP contribution in [0.2, 0.25) is 0 Å². The number of hydrogen-bond acceptors (Lipinski definition) is 4. The van der Waals surface area contributed by atoms with E-state index in [0.29, 0.717) is 23.7 Å². The molecule has 1 heterocycles. The quantitative estimate of drug-likeness (QED) is 0.849. The molecule has 1 aliphatic heterocycles. The molecule has 0 bridgehead atoms. The maximum Gasteiger partial charge on any atom is 0.243 e. The van der Waals surface area contributed by atoms with Crippen LogP contribution in [0.4, 0.5) is 5.69 Å². The van der Waals surface area contributed by atoms with E-state index in [2.05, 4.69) is 0 Å². The van der Waals surface area contributed by atoms with Crippen molar-refractivity contribution in [3.05, 3.63) is 23.3 Å². The van der Waals surface area contributed by atoms with E-state index in [-0.39, 0.29) is 0 Å². The van der Waals surface area contributed by atoms with Gasteiger partial charge in [-0.3, -0.25) is 0 Å². The molecule has 19 heavy (non-hydrogen) atoms. The Morgan fingerprint density at radius 3 is 2.42 bits per heavy atom. The summed E-state index contributed by atoms with van der Waals surface area (Å²) in [4.78, 5) is 0.425. The number of sulfonamides is 1. The van der Waals surface area contributed by atoms with Crippen molar-refractivity contribution in [3.63, 3.8) is 0 Å². The van der Waals surface area contributed by atoms with E-state index in [4.69, 9.17) is 5.73 Å². The first-order valence-corrected chi connectivity index (χ1v) is 8.97. The monoisotopic (exact) mass is 300 g/mol. The highest BCUT2D eigenvalue weighted by Gasteiger charge is 2.28. The van der Waals surface area contributed by atoms with E-state index in [1.807, 2.05) is 25.6 Å². The number of nitrogens with two attached hydrogens (primary N) is 1. The number of anilines is 1. The second kappa shape index (κ2) is 5.73. The van der Waals surface area contributed by atoms with Crippen LogP contribution in [0.1, 0.15) is 17.5 Å². The predicted octanol–water partition coefficient (Wildman–Crippen LogP) is 2.01. The molecule has 0 atom stereocenters. The predicted molar refractivity (Wildman–Crippen MR) is 81.0 cm³/mol. The molecule has 1 aliphatic rings. The molecule has 0 spiro atoms. The van der Waals surface area contributed by atoms with E-state index >= 15 is 0 Å². The van der Waals surface area contributed by atoms with Gasteiger partial charge in [0.1, 0.15) is 0 Å². The summed E-state index contributed by atoms with van der Waals surface area (Å²) in [5.41, 5.74) is 7.84. The first-order chi connectivity index (χ1) is 8.93. The van der Waals surface area contributed by atoms with Crippen LogP contribution in [-0.4, -0.2) is 37.3 Å². The molecule has 1 aromatic carbocycles. The third-order valence-electron chi connectivity index (χ3n) is 3.26. The first-order valence-electron chi connectivity index (χ1n) is 6.37. The van der Waals surface area contributed by atoms with Crippen molar-refractivity contribution < 1.29 is 8.42 Å². The maximum absolute atomic E-state index is 12.8. The van der Waals surface area contributed by atoms with Crippen LogP contribution in [0.15, 0.2) is 17.0 Å². The second-order valence-corrected chi connectivity index (χ2v) is 7.95. The van der Waals surface area contributed by atoms with E-state index in [1.54, 1.807) is 16.4 Å². The van der Waals surface area contributed by atoms with Crippen LogP contribution in [0.5, 0.6) is 0 Å². The molecule has 0 amide bonds. The summed E-state index contributed by atoms with van der Waals surface area (Å²) in [6, 6.07) is 3.46. The Labute approximate surface area is 119 Å². The van der Waals surface area contributed by atoms with Crippen LogP contribution in [-0.2, 0) is 10.0 Å². The fourth-order valence-electron chi connectivity index (χ4n) is 2.48. The van der Waals surface area contributed by atoms with Gasteiger partial charge in [0.25, 0.3) is 0 Å². The third-order valence-corrected chi connectivity index (χ3v) is 6.52. The summed E-state index contributed by atoms with van der Waals surface area (Å²) in [7, 11) is -3.40. The zero-order valence-corrected chi connectivity index (χ0v) is 13.0. The fraction of sp³-hybridized carbons (Fsp3) is 0.538. The number of rotatable bonds is 2. The van der Waals surface area contributed by atoms with Gasteiger partial charge in [0, 0.05) is 24.5 Å². The van der Waals surface area contributed by atoms with Crippen LogP contribution >= 0.6 is 11.8 Å². The molecule has 4 nitrogen and oxygen atoms in total. The van der Waals surface area contributed by atoms with Gasteiger partial charge in [0.05, 0.1) is 4.90 Å². The molecule has 0 radical (unpaired) electrons. The lowest BCUT2D eigenvalue weighted by Gasteiger charge is -2.22. The molecule has 6 heteroatoms. The molecule has 106 valence electrons. The summed E-state index contributed by atoms with van der Waals surface area (Å²) in [5, 5.41) is 0. The fourth-order valence-corrected chi connectivity index (χ4v) is 5.38. The Morgan fingerprint density at radius 2 is 1.79 bits per heavy atom. The highest BCUT2D eigenvalue weighted by Crippen LogP contribution is 2.27. The number of aryl methyl sites for hydroxylation is 2. The van der Waals surface area contributed by atoms with Gasteiger partial charge in [0.2, 0.25) is 10.0 Å². The maximum atomic E-state index is 12.8. The van der Waals surface area contributed by atoms with Gasteiger partial charge in [0.15, 0.2) is 0 Å². The van der Waals surface area contributed by atoms with Gasteiger partial charge < -0.3 is 5.73 Å². The SMILES string of the molecule is Cc1cc(N)cc(C)c1S(=O)(=O)N1CCCSCC1.